The number of nitrogens with zero attached hydrogens (tertiary/aromatic N) is 2. The fourth-order valence-electron chi connectivity index (χ4n) is 8.29. The van der Waals surface area contributed by atoms with Crippen LogP contribution >= 0.6 is 0 Å². The molecule has 74 heavy (non-hydrogen) atoms. The lowest BCUT2D eigenvalue weighted by molar-refractivity contribution is -0.145. The van der Waals surface area contributed by atoms with Crippen molar-refractivity contribution in [2.24, 2.45) is 0 Å². The minimum absolute atomic E-state index is 0.0217. The van der Waals surface area contributed by atoms with Crippen LogP contribution in [0.2, 0.25) is 0 Å². The number of unbranched alkanes of at least 4 members (excludes halogenated alkanes) is 16. The van der Waals surface area contributed by atoms with Gasteiger partial charge in [0.25, 0.3) is 0 Å². The maximum atomic E-state index is 13.1. The largest absolute Gasteiger partial charge is 0.508 e. The van der Waals surface area contributed by atoms with Crippen LogP contribution in [0.25, 0.3) is 0 Å². The van der Waals surface area contributed by atoms with Crippen LogP contribution in [0.1, 0.15) is 247 Å². The first kappa shape index (κ1) is 70.3. The lowest BCUT2D eigenvalue weighted by Crippen LogP contribution is -2.39. The Morgan fingerprint density at radius 2 is 0.568 bits per heavy atom. The van der Waals surface area contributed by atoms with Gasteiger partial charge in [-0.3, -0.25) is 24.1 Å². The van der Waals surface area contributed by atoms with Gasteiger partial charge in [-0.25, -0.2) is 9.59 Å². The summed E-state index contributed by atoms with van der Waals surface area (Å²) in [7, 11) is 0. The van der Waals surface area contributed by atoms with Gasteiger partial charge in [-0.1, -0.05) is 144 Å². The molecule has 0 spiro atoms. The molecule has 16 heteroatoms. The number of ether oxygens (including phenoxy) is 8. The van der Waals surface area contributed by atoms with Crippen LogP contribution < -0.4 is 0 Å². The lowest BCUT2D eigenvalue weighted by atomic mass is 10.1. The number of esters is 4. The monoisotopic (exact) mass is 1060 g/mol. The van der Waals surface area contributed by atoms with Gasteiger partial charge < -0.3 is 42.8 Å². The maximum absolute atomic E-state index is 13.1. The number of hydrogen-bond donors (Lipinski definition) is 0. The lowest BCUT2D eigenvalue weighted by Gasteiger charge is -2.26. The van der Waals surface area contributed by atoms with E-state index >= 15 is 0 Å². The van der Waals surface area contributed by atoms with Gasteiger partial charge in [0.1, 0.15) is 25.4 Å². The van der Waals surface area contributed by atoms with Crippen LogP contribution in [0.3, 0.4) is 0 Å². The number of carbonyl (C=O) groups is 6. The van der Waals surface area contributed by atoms with Crippen molar-refractivity contribution in [3.63, 3.8) is 0 Å². The molecule has 0 unspecified atom stereocenters. The second kappa shape index (κ2) is 52.8. The molecule has 16 nitrogen and oxygen atoms in total. The molecule has 0 amide bonds. The van der Waals surface area contributed by atoms with Crippen molar-refractivity contribution < 1.29 is 66.7 Å². The summed E-state index contributed by atoms with van der Waals surface area (Å²) in [6.45, 7) is 18.2. The van der Waals surface area contributed by atoms with Crippen LogP contribution in [-0.2, 0) is 57.1 Å². The molecule has 0 bridgehead atoms. The number of hydrogen-bond acceptors (Lipinski definition) is 16. The van der Waals surface area contributed by atoms with Crippen LogP contribution in [0.5, 0.6) is 0 Å². The topological polar surface area (TPSA) is 183 Å². The van der Waals surface area contributed by atoms with Crippen molar-refractivity contribution in [1.29, 1.82) is 0 Å². The van der Waals surface area contributed by atoms with E-state index in [0.717, 1.165) is 110 Å². The molecule has 0 saturated carbocycles. The summed E-state index contributed by atoms with van der Waals surface area (Å²) in [5, 5.41) is 0. The average molecular weight is 1060 g/mol. The highest BCUT2D eigenvalue weighted by molar-refractivity contribution is 5.70. The van der Waals surface area contributed by atoms with Crippen molar-refractivity contribution in [3.8, 4) is 0 Å². The van der Waals surface area contributed by atoms with Crippen molar-refractivity contribution in [2.75, 3.05) is 78.9 Å². The third-order valence-electron chi connectivity index (χ3n) is 13.1. The van der Waals surface area contributed by atoms with E-state index in [-0.39, 0.29) is 62.8 Å². The highest BCUT2D eigenvalue weighted by Gasteiger charge is 2.21. The fraction of sp³-hybridized carbons (Fsp3) is 0.897. The third kappa shape index (κ3) is 46.8. The molecule has 0 radical (unpaired) electrons. The van der Waals surface area contributed by atoms with Crippen molar-refractivity contribution >= 4 is 36.2 Å². The molecule has 0 N–H and O–H groups in total. The molecule has 0 fully saturated rings. The fourth-order valence-corrected chi connectivity index (χ4v) is 8.29. The molecule has 434 valence electrons. The first-order valence-corrected chi connectivity index (χ1v) is 29.7. The Kier molecular flexibility index (Phi) is 50.2. The zero-order valence-electron chi connectivity index (χ0n) is 47.9. The zero-order valence-corrected chi connectivity index (χ0v) is 47.9. The van der Waals surface area contributed by atoms with Gasteiger partial charge >= 0.3 is 36.2 Å². The Hall–Kier alpha value is -3.66. The predicted octanol–water partition coefficient (Wildman–Crippen LogP) is 13.4. The van der Waals surface area contributed by atoms with E-state index in [0.29, 0.717) is 97.4 Å². The third-order valence-corrected chi connectivity index (χ3v) is 13.1. The first-order chi connectivity index (χ1) is 36.0. The van der Waals surface area contributed by atoms with E-state index in [1.165, 1.54) is 38.5 Å². The van der Waals surface area contributed by atoms with Gasteiger partial charge in [-0.05, 0) is 90.1 Å². The Morgan fingerprint density at radius 1 is 0.297 bits per heavy atom. The van der Waals surface area contributed by atoms with Gasteiger partial charge in [0.15, 0.2) is 0 Å². The average Bonchev–Trinajstić information content (AvgIpc) is 3.37. The van der Waals surface area contributed by atoms with Crippen molar-refractivity contribution in [1.82, 2.24) is 9.80 Å². The number of carbonyl (C=O) groups excluding carboxylic acids is 6. The summed E-state index contributed by atoms with van der Waals surface area (Å²) in [5.74, 6) is -1.11. The second-order valence-electron chi connectivity index (χ2n) is 19.7. The molecule has 0 aromatic rings. The zero-order chi connectivity index (χ0) is 54.5. The van der Waals surface area contributed by atoms with Gasteiger partial charge in [0, 0.05) is 51.9 Å². The first-order valence-electron chi connectivity index (χ1n) is 29.7. The smallest absolute Gasteiger partial charge is 0.466 e. The SMILES string of the molecule is CCCCCCCCOC(=O)CCCC(CCCC(=O)OCCCCCCCC)OC(=O)OCCN(CCOC(=O)OC(CCCC(=O)OCCCCCC)CCCC(=O)OCCCCCC)CCN(CC)CC. The minimum Gasteiger partial charge on any atom is -0.466 e. The van der Waals surface area contributed by atoms with Crippen molar-refractivity contribution in [2.45, 2.75) is 259 Å². The van der Waals surface area contributed by atoms with E-state index < -0.39 is 24.5 Å². The number of rotatable bonds is 53. The molecule has 0 heterocycles. The molecular weight excluding hydrogens is 949 g/mol. The van der Waals surface area contributed by atoms with E-state index in [1.54, 1.807) is 0 Å². The molecule has 0 rings (SSSR count). The summed E-state index contributed by atoms with van der Waals surface area (Å²) in [6, 6.07) is 0. The summed E-state index contributed by atoms with van der Waals surface area (Å²) in [5.41, 5.74) is 0. The van der Waals surface area contributed by atoms with E-state index in [1.807, 2.05) is 4.90 Å². The highest BCUT2D eigenvalue weighted by Crippen LogP contribution is 2.18. The Bertz CT molecular complexity index is 1300. The Morgan fingerprint density at radius 3 is 0.865 bits per heavy atom. The van der Waals surface area contributed by atoms with E-state index in [9.17, 15) is 28.8 Å². The van der Waals surface area contributed by atoms with E-state index in [4.69, 9.17) is 37.9 Å². The maximum Gasteiger partial charge on any atom is 0.508 e. The minimum atomic E-state index is -0.835. The summed E-state index contributed by atoms with van der Waals surface area (Å²) >= 11 is 0. The molecule has 0 aliphatic carbocycles. The molecular formula is C58H108N2O14. The van der Waals surface area contributed by atoms with Crippen LogP contribution in [0.15, 0.2) is 0 Å². The molecule has 0 aromatic heterocycles. The second-order valence-corrected chi connectivity index (χ2v) is 19.7. The van der Waals surface area contributed by atoms with E-state index in [2.05, 4.69) is 46.4 Å². The Balaban J connectivity index is 5.41. The molecule has 0 aromatic carbocycles. The standard InChI is InChI=1S/C58H108N2O14/c1-7-13-17-21-23-27-47-69-55(63)39-31-35-52(36-32-40-56(64)70-48-28-24-22-18-14-8-2)74-58(66)72-50-44-60(42-41-59(11-5)12-6)43-49-71-57(65)73-51(33-29-37-53(61)67-45-25-19-15-9-3)34-30-38-54(62)68-46-26-20-16-10-4/h51-52H,7-50H2,1-6H3. The molecule has 0 saturated heterocycles. The number of likely N-dealkylation sites (N-methyl/N-ethyl adjacent to an activating group) is 1. The summed E-state index contributed by atoms with van der Waals surface area (Å²) in [4.78, 5) is 80.3. The van der Waals surface area contributed by atoms with Crippen LogP contribution in [0, 0.1) is 0 Å². The molecule has 0 aliphatic heterocycles. The van der Waals surface area contributed by atoms with Gasteiger partial charge in [-0.2, -0.15) is 0 Å². The normalized spacial score (nSPS) is 11.3. The highest BCUT2D eigenvalue weighted by atomic mass is 16.7. The van der Waals surface area contributed by atoms with Crippen LogP contribution in [-0.4, -0.2) is 137 Å². The predicted molar refractivity (Wildman–Crippen MR) is 291 cm³/mol. The van der Waals surface area contributed by atoms with Gasteiger partial charge in [0.2, 0.25) is 0 Å². The summed E-state index contributed by atoms with van der Waals surface area (Å²) in [6.07, 6.45) is 22.8. The van der Waals surface area contributed by atoms with Gasteiger partial charge in [-0.15, -0.1) is 0 Å². The molecule has 0 aliphatic rings. The Labute approximate surface area is 449 Å². The van der Waals surface area contributed by atoms with Crippen LogP contribution in [0.4, 0.5) is 9.59 Å². The quantitative estimate of drug-likeness (QED) is 0.0318. The van der Waals surface area contributed by atoms with Gasteiger partial charge in [0.05, 0.1) is 26.4 Å². The summed E-state index contributed by atoms with van der Waals surface area (Å²) < 4.78 is 44.4. The van der Waals surface area contributed by atoms with Crippen molar-refractivity contribution in [3.05, 3.63) is 0 Å². The molecule has 0 atom stereocenters.